The van der Waals surface area contributed by atoms with Crippen LogP contribution in [0.1, 0.15) is 30.9 Å². The third-order valence-electron chi connectivity index (χ3n) is 3.54. The quantitative estimate of drug-likeness (QED) is 0.876. The van der Waals surface area contributed by atoms with Gasteiger partial charge in [-0.3, -0.25) is 10.1 Å². The van der Waals surface area contributed by atoms with Crippen molar-refractivity contribution in [2.24, 2.45) is 0 Å². The normalized spacial score (nSPS) is 21.1. The van der Waals surface area contributed by atoms with E-state index >= 15 is 0 Å². The fourth-order valence-corrected chi connectivity index (χ4v) is 2.57. The number of ether oxygens (including phenoxy) is 1. The maximum absolute atomic E-state index is 12.0. The molecule has 2 rings (SSSR count). The third kappa shape index (κ3) is 4.20. The summed E-state index contributed by atoms with van der Waals surface area (Å²) in [5.41, 5.74) is 1.08. The highest BCUT2D eigenvalue weighted by molar-refractivity contribution is 6.30. The minimum Gasteiger partial charge on any atom is -0.383 e. The molecule has 20 heavy (non-hydrogen) atoms. The largest absolute Gasteiger partial charge is 0.383 e. The van der Waals surface area contributed by atoms with Crippen LogP contribution in [-0.4, -0.2) is 32.2 Å². The number of rotatable bonds is 5. The van der Waals surface area contributed by atoms with Crippen molar-refractivity contribution in [3.63, 3.8) is 0 Å². The average Bonchev–Trinajstić information content (AvgIpc) is 2.64. The van der Waals surface area contributed by atoms with Crippen molar-refractivity contribution in [2.45, 2.75) is 31.3 Å². The highest BCUT2D eigenvalue weighted by atomic mass is 35.5. The lowest BCUT2D eigenvalue weighted by molar-refractivity contribution is -0.123. The maximum atomic E-state index is 12.0. The van der Waals surface area contributed by atoms with Crippen LogP contribution in [0.2, 0.25) is 5.02 Å². The summed E-state index contributed by atoms with van der Waals surface area (Å²) >= 11 is 5.91. The molecule has 0 aliphatic carbocycles. The number of methoxy groups -OCH3 is 1. The molecule has 0 radical (unpaired) electrons. The van der Waals surface area contributed by atoms with Gasteiger partial charge in [-0.2, -0.15) is 0 Å². The molecule has 4 nitrogen and oxygen atoms in total. The molecular weight excluding hydrogens is 276 g/mol. The molecule has 1 aliphatic heterocycles. The maximum Gasteiger partial charge on any atom is 0.237 e. The number of carbonyl (C=O) groups is 1. The van der Waals surface area contributed by atoms with Gasteiger partial charge in [-0.25, -0.2) is 0 Å². The Morgan fingerprint density at radius 1 is 1.40 bits per heavy atom. The summed E-state index contributed by atoms with van der Waals surface area (Å²) in [5, 5.41) is 7.05. The van der Waals surface area contributed by atoms with Crippen LogP contribution in [0.5, 0.6) is 0 Å². The molecular formula is C15H21ClN2O2. The fourth-order valence-electron chi connectivity index (χ4n) is 2.44. The van der Waals surface area contributed by atoms with Crippen molar-refractivity contribution < 1.29 is 9.53 Å². The second-order valence-electron chi connectivity index (χ2n) is 5.07. The Morgan fingerprint density at radius 3 is 2.85 bits per heavy atom. The van der Waals surface area contributed by atoms with Crippen LogP contribution < -0.4 is 10.6 Å². The van der Waals surface area contributed by atoms with Crippen molar-refractivity contribution in [3.8, 4) is 0 Å². The van der Waals surface area contributed by atoms with Crippen LogP contribution in [0.15, 0.2) is 24.3 Å². The van der Waals surface area contributed by atoms with Crippen molar-refractivity contribution in [1.29, 1.82) is 0 Å². The number of hydrogen-bond acceptors (Lipinski definition) is 3. The molecule has 1 aliphatic rings. The molecule has 0 saturated carbocycles. The van der Waals surface area contributed by atoms with Gasteiger partial charge in [-0.15, -0.1) is 0 Å². The smallest absolute Gasteiger partial charge is 0.237 e. The van der Waals surface area contributed by atoms with E-state index < -0.39 is 0 Å². The van der Waals surface area contributed by atoms with Gasteiger partial charge in [0, 0.05) is 18.7 Å². The molecule has 2 N–H and O–H groups in total. The zero-order chi connectivity index (χ0) is 14.4. The molecule has 1 amide bonds. The summed E-state index contributed by atoms with van der Waals surface area (Å²) in [6, 6.07) is 7.48. The minimum atomic E-state index is -0.159. The van der Waals surface area contributed by atoms with Gasteiger partial charge in [0.05, 0.1) is 18.7 Å². The zero-order valence-electron chi connectivity index (χ0n) is 11.7. The van der Waals surface area contributed by atoms with Crippen LogP contribution in [0.3, 0.4) is 0 Å². The lowest BCUT2D eigenvalue weighted by Gasteiger charge is -2.24. The molecule has 5 heteroatoms. The van der Waals surface area contributed by atoms with E-state index in [2.05, 4.69) is 10.6 Å². The van der Waals surface area contributed by atoms with Crippen LogP contribution in [-0.2, 0) is 9.53 Å². The van der Waals surface area contributed by atoms with Crippen LogP contribution in [0.4, 0.5) is 0 Å². The van der Waals surface area contributed by atoms with E-state index in [1.807, 2.05) is 24.3 Å². The van der Waals surface area contributed by atoms with Gasteiger partial charge in [-0.1, -0.05) is 23.7 Å². The number of carbonyl (C=O) groups excluding carboxylic acids is 1. The van der Waals surface area contributed by atoms with Gasteiger partial charge in [0.2, 0.25) is 5.91 Å². The van der Waals surface area contributed by atoms with Gasteiger partial charge in [0.1, 0.15) is 0 Å². The first kappa shape index (κ1) is 15.3. The van der Waals surface area contributed by atoms with Crippen LogP contribution >= 0.6 is 11.6 Å². The Kier molecular flexibility index (Phi) is 5.83. The van der Waals surface area contributed by atoms with Crippen molar-refractivity contribution in [2.75, 3.05) is 20.3 Å². The van der Waals surface area contributed by atoms with Gasteiger partial charge in [0.15, 0.2) is 0 Å². The molecule has 2 atom stereocenters. The van der Waals surface area contributed by atoms with Crippen molar-refractivity contribution in [3.05, 3.63) is 34.9 Å². The summed E-state index contributed by atoms with van der Waals surface area (Å²) < 4.78 is 5.27. The molecule has 0 spiro atoms. The number of halogens is 1. The lowest BCUT2D eigenvalue weighted by atomic mass is 10.0. The van der Waals surface area contributed by atoms with Crippen molar-refractivity contribution >= 4 is 17.5 Å². The van der Waals surface area contributed by atoms with E-state index in [1.54, 1.807) is 7.11 Å². The SMILES string of the molecule is COC[C@@H](N[C@@H]1CCCCNC1=O)c1ccc(Cl)cc1. The number of nitrogens with one attached hydrogen (secondary N) is 2. The Bertz CT molecular complexity index is 436. The molecule has 0 aromatic heterocycles. The Labute approximate surface area is 124 Å². The molecule has 0 bridgehead atoms. The van der Waals surface area contributed by atoms with E-state index in [1.165, 1.54) is 0 Å². The third-order valence-corrected chi connectivity index (χ3v) is 3.80. The Balaban J connectivity index is 2.07. The highest BCUT2D eigenvalue weighted by Crippen LogP contribution is 2.19. The predicted molar refractivity (Wildman–Crippen MR) is 79.9 cm³/mol. The van der Waals surface area contributed by atoms with Gasteiger partial charge in [0.25, 0.3) is 0 Å². The predicted octanol–water partition coefficient (Wildman–Crippen LogP) is 2.29. The summed E-state index contributed by atoms with van der Waals surface area (Å²) in [7, 11) is 1.66. The molecule has 1 aromatic rings. The van der Waals surface area contributed by atoms with E-state index in [4.69, 9.17) is 16.3 Å². The van der Waals surface area contributed by atoms with Gasteiger partial charge in [-0.05, 0) is 37.0 Å². The standard InChI is InChI=1S/C15H21ClN2O2/c1-20-10-14(11-5-7-12(16)8-6-11)18-13-4-2-3-9-17-15(13)19/h5-8,13-14,18H,2-4,9-10H2,1H3,(H,17,19)/t13-,14-/m1/s1. The van der Waals surface area contributed by atoms with E-state index in [9.17, 15) is 4.79 Å². The average molecular weight is 297 g/mol. The zero-order valence-corrected chi connectivity index (χ0v) is 12.5. The summed E-state index contributed by atoms with van der Waals surface area (Å²) in [5.74, 6) is 0.0811. The molecule has 1 saturated heterocycles. The highest BCUT2D eigenvalue weighted by Gasteiger charge is 2.24. The van der Waals surface area contributed by atoms with Gasteiger partial charge >= 0.3 is 0 Å². The molecule has 110 valence electrons. The van der Waals surface area contributed by atoms with Crippen molar-refractivity contribution in [1.82, 2.24) is 10.6 Å². The minimum absolute atomic E-state index is 0.00823. The number of amides is 1. The Hall–Kier alpha value is -1.10. The summed E-state index contributed by atoms with van der Waals surface area (Å²) in [6.07, 6.45) is 2.95. The lowest BCUT2D eigenvalue weighted by Crippen LogP contribution is -2.45. The van der Waals surface area contributed by atoms with E-state index in [0.29, 0.717) is 11.6 Å². The van der Waals surface area contributed by atoms with E-state index in [-0.39, 0.29) is 18.0 Å². The van der Waals surface area contributed by atoms with E-state index in [0.717, 1.165) is 31.4 Å². The number of hydrogen-bond donors (Lipinski definition) is 2. The summed E-state index contributed by atoms with van der Waals surface area (Å²) in [6.45, 7) is 1.29. The molecule has 0 unspecified atom stereocenters. The molecule has 1 heterocycles. The van der Waals surface area contributed by atoms with Gasteiger partial charge < -0.3 is 10.1 Å². The van der Waals surface area contributed by atoms with Crippen LogP contribution in [0, 0.1) is 0 Å². The monoisotopic (exact) mass is 296 g/mol. The first-order chi connectivity index (χ1) is 9.70. The second kappa shape index (κ2) is 7.62. The number of benzene rings is 1. The summed E-state index contributed by atoms with van der Waals surface area (Å²) in [4.78, 5) is 12.0. The molecule has 1 aromatic carbocycles. The first-order valence-corrected chi connectivity index (χ1v) is 7.36. The molecule has 1 fully saturated rings. The van der Waals surface area contributed by atoms with Crippen LogP contribution in [0.25, 0.3) is 0 Å². The Morgan fingerprint density at radius 2 is 2.15 bits per heavy atom. The fraction of sp³-hybridized carbons (Fsp3) is 0.533. The topological polar surface area (TPSA) is 50.4 Å². The second-order valence-corrected chi connectivity index (χ2v) is 5.50. The first-order valence-electron chi connectivity index (χ1n) is 6.99.